The minimum absolute atomic E-state index is 0.0338. The second kappa shape index (κ2) is 17.3. The second-order valence-corrected chi connectivity index (χ2v) is 14.0. The molecule has 2 fully saturated rings. The molecule has 9 heteroatoms. The lowest BCUT2D eigenvalue weighted by Gasteiger charge is -2.38. The summed E-state index contributed by atoms with van der Waals surface area (Å²) in [5, 5.41) is 10.8. The maximum atomic E-state index is 14.1. The summed E-state index contributed by atoms with van der Waals surface area (Å²) < 4.78 is 0. The molecule has 0 unspecified atom stereocenters. The van der Waals surface area contributed by atoms with Crippen LogP contribution in [0.15, 0.2) is 72.8 Å². The molecule has 256 valence electrons. The highest BCUT2D eigenvalue weighted by Gasteiger charge is 2.32. The summed E-state index contributed by atoms with van der Waals surface area (Å²) in [4.78, 5) is 34.6. The van der Waals surface area contributed by atoms with E-state index in [1.165, 1.54) is 74.1 Å². The van der Waals surface area contributed by atoms with E-state index in [1.807, 2.05) is 41.3 Å². The van der Waals surface area contributed by atoms with E-state index >= 15 is 0 Å². The monoisotopic (exact) mass is 670 g/mol. The highest BCUT2D eigenvalue weighted by Crippen LogP contribution is 2.23. The van der Waals surface area contributed by atoms with Crippen molar-refractivity contribution in [3.05, 3.63) is 100 Å². The van der Waals surface area contributed by atoms with E-state index in [1.54, 1.807) is 0 Å². The zero-order chi connectivity index (χ0) is 33.1. The van der Waals surface area contributed by atoms with Gasteiger partial charge in [0.1, 0.15) is 6.04 Å². The predicted octanol–water partition coefficient (Wildman–Crippen LogP) is 4.79. The van der Waals surface area contributed by atoms with Crippen LogP contribution < -0.4 is 20.9 Å². The molecular formula is C39H51ClN6O2. The molecule has 2 saturated heterocycles. The third-order valence-corrected chi connectivity index (χ3v) is 10.4. The summed E-state index contributed by atoms with van der Waals surface area (Å²) in [7, 11) is 0. The molecule has 0 aromatic heterocycles. The number of carbonyl (C=O) groups is 2. The van der Waals surface area contributed by atoms with Crippen LogP contribution in [0.25, 0.3) is 0 Å². The first-order chi connectivity index (χ1) is 23.5. The standard InChI is InChI=1S/C39H51ClN6O2/c40-34-16-14-30(15-17-34)26-36(43-38(47)35-27-31-10-3-4-11-32(31)29-42-35)39(48)46-24-22-45(23-25-46)37-13-6-5-12-33(37)28-41-18-9-21-44-19-7-1-2-8-20-44/h3-6,10-17,35-36,41-42H,1-2,7-9,18-29H2,(H,43,47)/t35-,36-/m1/s1. The largest absolute Gasteiger partial charge is 0.368 e. The Balaban J connectivity index is 1.04. The number of likely N-dealkylation sites (tertiary alicyclic amines) is 1. The van der Waals surface area contributed by atoms with Crippen molar-refractivity contribution in [2.24, 2.45) is 0 Å². The molecule has 3 N–H and O–H groups in total. The molecule has 2 atom stereocenters. The molecule has 0 bridgehead atoms. The number of benzene rings is 3. The maximum absolute atomic E-state index is 14.1. The SMILES string of the molecule is O=C(N[C@H](Cc1ccc(Cl)cc1)C(=O)N1CCN(c2ccccc2CNCCCN2CCCCCC2)CC1)[C@H]1Cc2ccccc2CN1. The summed E-state index contributed by atoms with van der Waals surface area (Å²) in [6.45, 7) is 8.88. The van der Waals surface area contributed by atoms with Crippen LogP contribution in [0.3, 0.4) is 0 Å². The molecule has 48 heavy (non-hydrogen) atoms. The average molecular weight is 671 g/mol. The van der Waals surface area contributed by atoms with Gasteiger partial charge in [0.05, 0.1) is 6.04 Å². The van der Waals surface area contributed by atoms with Crippen LogP contribution in [0.2, 0.25) is 5.02 Å². The van der Waals surface area contributed by atoms with Gasteiger partial charge in [0.2, 0.25) is 11.8 Å². The van der Waals surface area contributed by atoms with Crippen molar-refractivity contribution in [3.8, 4) is 0 Å². The summed E-state index contributed by atoms with van der Waals surface area (Å²) >= 11 is 6.15. The van der Waals surface area contributed by atoms with Gasteiger partial charge in [-0.25, -0.2) is 0 Å². The van der Waals surface area contributed by atoms with Gasteiger partial charge in [0, 0.05) is 56.4 Å². The number of hydrogen-bond donors (Lipinski definition) is 3. The first-order valence-electron chi connectivity index (χ1n) is 17.9. The summed E-state index contributed by atoms with van der Waals surface area (Å²) in [6, 6.07) is 23.3. The number of nitrogens with zero attached hydrogens (tertiary/aromatic N) is 3. The van der Waals surface area contributed by atoms with Gasteiger partial charge in [-0.05, 0) is 92.3 Å². The average Bonchev–Trinajstić information content (AvgIpc) is 3.41. The second-order valence-electron chi connectivity index (χ2n) is 13.5. The van der Waals surface area contributed by atoms with Crippen LogP contribution in [0.4, 0.5) is 5.69 Å². The van der Waals surface area contributed by atoms with Crippen molar-refractivity contribution < 1.29 is 9.59 Å². The molecule has 0 radical (unpaired) electrons. The van der Waals surface area contributed by atoms with Crippen molar-refractivity contribution in [3.63, 3.8) is 0 Å². The van der Waals surface area contributed by atoms with E-state index in [-0.39, 0.29) is 17.9 Å². The number of piperazine rings is 1. The zero-order valence-corrected chi connectivity index (χ0v) is 28.9. The van der Waals surface area contributed by atoms with Crippen LogP contribution in [0.1, 0.15) is 54.4 Å². The molecule has 6 rings (SSSR count). The number of rotatable bonds is 12. The smallest absolute Gasteiger partial charge is 0.245 e. The third-order valence-electron chi connectivity index (χ3n) is 10.1. The van der Waals surface area contributed by atoms with Crippen LogP contribution in [0.5, 0.6) is 0 Å². The fourth-order valence-corrected chi connectivity index (χ4v) is 7.46. The number of para-hydroxylation sites is 1. The number of carbonyl (C=O) groups excluding carboxylic acids is 2. The molecule has 8 nitrogen and oxygen atoms in total. The lowest BCUT2D eigenvalue weighted by atomic mass is 9.95. The number of fused-ring (bicyclic) bond motifs is 1. The molecular weight excluding hydrogens is 620 g/mol. The molecule has 3 aliphatic rings. The van der Waals surface area contributed by atoms with Crippen molar-refractivity contribution in [1.82, 2.24) is 25.8 Å². The zero-order valence-electron chi connectivity index (χ0n) is 28.1. The van der Waals surface area contributed by atoms with Crippen LogP contribution >= 0.6 is 11.6 Å². The fourth-order valence-electron chi connectivity index (χ4n) is 7.34. The van der Waals surface area contributed by atoms with Crippen molar-refractivity contribution in [2.75, 3.05) is 57.3 Å². The van der Waals surface area contributed by atoms with Gasteiger partial charge < -0.3 is 30.7 Å². The Labute approximate surface area is 291 Å². The lowest BCUT2D eigenvalue weighted by molar-refractivity contribution is -0.137. The van der Waals surface area contributed by atoms with E-state index in [0.29, 0.717) is 37.5 Å². The van der Waals surface area contributed by atoms with Gasteiger partial charge in [0.15, 0.2) is 0 Å². The van der Waals surface area contributed by atoms with E-state index in [0.717, 1.165) is 31.7 Å². The minimum Gasteiger partial charge on any atom is -0.368 e. The Morgan fingerprint density at radius 1 is 0.833 bits per heavy atom. The Morgan fingerprint density at radius 3 is 2.31 bits per heavy atom. The molecule has 3 aliphatic heterocycles. The Bertz CT molecular complexity index is 1480. The van der Waals surface area contributed by atoms with Crippen molar-refractivity contribution in [2.45, 2.75) is 70.1 Å². The highest BCUT2D eigenvalue weighted by molar-refractivity contribution is 6.30. The normalized spacial score (nSPS) is 19.3. The Morgan fingerprint density at radius 2 is 1.54 bits per heavy atom. The Kier molecular flexibility index (Phi) is 12.4. The topological polar surface area (TPSA) is 80.0 Å². The van der Waals surface area contributed by atoms with Gasteiger partial charge in [-0.15, -0.1) is 0 Å². The number of halogens is 1. The minimum atomic E-state index is -0.657. The summed E-state index contributed by atoms with van der Waals surface area (Å²) in [5.74, 6) is -0.170. The van der Waals surface area contributed by atoms with Crippen LogP contribution in [-0.2, 0) is 35.5 Å². The van der Waals surface area contributed by atoms with Crippen molar-refractivity contribution >= 4 is 29.1 Å². The van der Waals surface area contributed by atoms with Gasteiger partial charge in [0.25, 0.3) is 0 Å². The molecule has 3 aromatic carbocycles. The molecule has 3 heterocycles. The highest BCUT2D eigenvalue weighted by atomic mass is 35.5. The predicted molar refractivity (Wildman–Crippen MR) is 194 cm³/mol. The van der Waals surface area contributed by atoms with Gasteiger partial charge in [-0.2, -0.15) is 0 Å². The van der Waals surface area contributed by atoms with E-state index in [9.17, 15) is 9.59 Å². The molecule has 0 aliphatic carbocycles. The molecule has 3 aromatic rings. The van der Waals surface area contributed by atoms with Crippen LogP contribution in [0, 0.1) is 0 Å². The molecule has 0 spiro atoms. The first-order valence-corrected chi connectivity index (χ1v) is 18.3. The van der Waals surface area contributed by atoms with Gasteiger partial charge >= 0.3 is 0 Å². The number of nitrogens with one attached hydrogen (secondary N) is 3. The maximum Gasteiger partial charge on any atom is 0.245 e. The van der Waals surface area contributed by atoms with E-state index < -0.39 is 6.04 Å². The first kappa shape index (κ1) is 34.4. The van der Waals surface area contributed by atoms with Gasteiger partial charge in [-0.3, -0.25) is 9.59 Å². The molecule has 0 saturated carbocycles. The van der Waals surface area contributed by atoms with E-state index in [4.69, 9.17) is 11.6 Å². The molecule has 2 amide bonds. The van der Waals surface area contributed by atoms with E-state index in [2.05, 4.69) is 62.1 Å². The third kappa shape index (κ3) is 9.38. The van der Waals surface area contributed by atoms with Gasteiger partial charge in [-0.1, -0.05) is 79.0 Å². The number of anilines is 1. The van der Waals surface area contributed by atoms with Crippen LogP contribution in [-0.4, -0.2) is 86.1 Å². The Hall–Kier alpha value is -3.43. The summed E-state index contributed by atoms with van der Waals surface area (Å²) in [5.41, 5.74) is 5.89. The quantitative estimate of drug-likeness (QED) is 0.241. The fraction of sp³-hybridized carbons (Fsp3) is 0.487. The lowest BCUT2D eigenvalue weighted by Crippen LogP contribution is -2.58. The number of amides is 2. The number of hydrogen-bond acceptors (Lipinski definition) is 6. The summed E-state index contributed by atoms with van der Waals surface area (Å²) in [6.07, 6.45) is 7.62. The van der Waals surface area contributed by atoms with Crippen molar-refractivity contribution in [1.29, 1.82) is 0 Å².